The molecule has 0 aliphatic carbocycles. The van der Waals surface area contributed by atoms with Crippen LogP contribution in [0.15, 0.2) is 59.8 Å². The number of benzene rings is 1. The number of hydrogen-bond acceptors (Lipinski definition) is 4. The molecule has 0 radical (unpaired) electrons. The summed E-state index contributed by atoms with van der Waals surface area (Å²) in [6.45, 7) is 2.16. The summed E-state index contributed by atoms with van der Waals surface area (Å²) in [5, 5.41) is 1.08. The van der Waals surface area contributed by atoms with E-state index in [1.165, 1.54) is 15.9 Å². The van der Waals surface area contributed by atoms with E-state index in [1.807, 2.05) is 18.3 Å². The summed E-state index contributed by atoms with van der Waals surface area (Å²) >= 11 is 0. The Kier molecular flexibility index (Phi) is 5.57. The summed E-state index contributed by atoms with van der Waals surface area (Å²) in [7, 11) is -3.57. The van der Waals surface area contributed by atoms with Crippen LogP contribution in [-0.2, 0) is 10.0 Å². The van der Waals surface area contributed by atoms with Gasteiger partial charge in [-0.25, -0.2) is 13.4 Å². The molecule has 5 rings (SSSR count). The molecule has 3 aromatic rings. The third kappa shape index (κ3) is 3.84. The van der Waals surface area contributed by atoms with Crippen LogP contribution in [0.1, 0.15) is 41.6 Å². The largest absolute Gasteiger partial charge is 0.346 e. The predicted octanol–water partition coefficient (Wildman–Crippen LogP) is 3.67. The van der Waals surface area contributed by atoms with Crippen LogP contribution >= 0.6 is 0 Å². The van der Waals surface area contributed by atoms with Crippen molar-refractivity contribution in [2.45, 2.75) is 30.6 Å². The molecule has 1 fully saturated rings. The first-order chi connectivity index (χ1) is 15.5. The zero-order chi connectivity index (χ0) is 22.1. The maximum Gasteiger partial charge on any atom is 0.254 e. The zero-order valence-electron chi connectivity index (χ0n) is 17.8. The Morgan fingerprint density at radius 3 is 2.66 bits per heavy atom. The number of sulfonamides is 1. The molecule has 4 heterocycles. The van der Waals surface area contributed by atoms with E-state index >= 15 is 0 Å². The number of aromatic nitrogens is 2. The molecule has 2 aliphatic rings. The Morgan fingerprint density at radius 2 is 1.88 bits per heavy atom. The van der Waals surface area contributed by atoms with Crippen LogP contribution in [0.3, 0.4) is 0 Å². The van der Waals surface area contributed by atoms with E-state index in [2.05, 4.69) is 16.0 Å². The normalized spacial score (nSPS) is 18.0. The van der Waals surface area contributed by atoms with Crippen LogP contribution in [-0.4, -0.2) is 59.7 Å². The number of pyridine rings is 1. The lowest BCUT2D eigenvalue weighted by molar-refractivity contribution is 0.0772. The zero-order valence-corrected chi connectivity index (χ0v) is 18.6. The number of hydrogen-bond donors (Lipinski definition) is 1. The van der Waals surface area contributed by atoms with Gasteiger partial charge in [0.1, 0.15) is 5.65 Å². The van der Waals surface area contributed by atoms with Gasteiger partial charge in [0.25, 0.3) is 5.91 Å². The molecule has 1 amide bonds. The highest BCUT2D eigenvalue weighted by Crippen LogP contribution is 2.29. The van der Waals surface area contributed by atoms with Crippen molar-refractivity contribution in [3.05, 3.63) is 66.0 Å². The topological polar surface area (TPSA) is 86.4 Å². The minimum Gasteiger partial charge on any atom is -0.346 e. The van der Waals surface area contributed by atoms with Gasteiger partial charge in [-0.2, -0.15) is 4.31 Å². The summed E-state index contributed by atoms with van der Waals surface area (Å²) in [6.07, 6.45) is 9.36. The average Bonchev–Trinajstić information content (AvgIpc) is 3.28. The van der Waals surface area contributed by atoms with Gasteiger partial charge in [0, 0.05) is 55.1 Å². The lowest BCUT2D eigenvalue weighted by Crippen LogP contribution is -2.36. The van der Waals surface area contributed by atoms with Crippen molar-refractivity contribution in [3.63, 3.8) is 0 Å². The third-order valence-corrected chi connectivity index (χ3v) is 8.22. The first-order valence-electron chi connectivity index (χ1n) is 11.0. The molecule has 32 heavy (non-hydrogen) atoms. The molecular weight excluding hydrogens is 424 g/mol. The number of nitrogens with zero attached hydrogens (tertiary/aromatic N) is 3. The maximum absolute atomic E-state index is 13.1. The van der Waals surface area contributed by atoms with Crippen molar-refractivity contribution >= 4 is 32.5 Å². The summed E-state index contributed by atoms with van der Waals surface area (Å²) < 4.78 is 27.5. The van der Waals surface area contributed by atoms with Gasteiger partial charge in [-0.1, -0.05) is 18.6 Å². The van der Waals surface area contributed by atoms with Crippen molar-refractivity contribution in [3.8, 4) is 0 Å². The van der Waals surface area contributed by atoms with E-state index in [4.69, 9.17) is 0 Å². The van der Waals surface area contributed by atoms with Crippen molar-refractivity contribution in [2.75, 3.05) is 26.2 Å². The van der Waals surface area contributed by atoms with Crippen molar-refractivity contribution in [2.24, 2.45) is 0 Å². The molecule has 0 unspecified atom stereocenters. The lowest BCUT2D eigenvalue weighted by atomic mass is 9.99. The number of H-pyrrole nitrogens is 1. The second kappa shape index (κ2) is 8.52. The molecule has 0 spiro atoms. The molecule has 2 aliphatic heterocycles. The third-order valence-electron chi connectivity index (χ3n) is 6.33. The van der Waals surface area contributed by atoms with Crippen LogP contribution in [0, 0.1) is 0 Å². The van der Waals surface area contributed by atoms with Crippen molar-refractivity contribution < 1.29 is 13.2 Å². The van der Waals surface area contributed by atoms with E-state index < -0.39 is 10.0 Å². The van der Waals surface area contributed by atoms with Gasteiger partial charge in [0.15, 0.2) is 0 Å². The van der Waals surface area contributed by atoms with Gasteiger partial charge < -0.3 is 9.88 Å². The van der Waals surface area contributed by atoms with Crippen LogP contribution in [0.5, 0.6) is 0 Å². The number of rotatable bonds is 4. The molecule has 1 N–H and O–H groups in total. The number of piperidine rings is 1. The Balaban J connectivity index is 1.34. The van der Waals surface area contributed by atoms with E-state index in [0.717, 1.165) is 42.3 Å². The number of aromatic amines is 1. The molecule has 0 bridgehead atoms. The number of carbonyl (C=O) groups is 1. The van der Waals surface area contributed by atoms with Gasteiger partial charge in [-0.15, -0.1) is 0 Å². The molecular formula is C24H26N4O3S. The van der Waals surface area contributed by atoms with Gasteiger partial charge >= 0.3 is 0 Å². The Labute approximate surface area is 187 Å². The lowest BCUT2D eigenvalue weighted by Gasteiger charge is -2.27. The molecule has 166 valence electrons. The Bertz CT molecular complexity index is 1290. The predicted molar refractivity (Wildman–Crippen MR) is 124 cm³/mol. The summed E-state index contributed by atoms with van der Waals surface area (Å²) in [5.41, 5.74) is 3.58. The maximum atomic E-state index is 13.1. The minimum absolute atomic E-state index is 0.142. The van der Waals surface area contributed by atoms with Crippen LogP contribution < -0.4 is 0 Å². The summed E-state index contributed by atoms with van der Waals surface area (Å²) in [4.78, 5) is 22.6. The fraction of sp³-hybridized carbons (Fsp3) is 0.333. The van der Waals surface area contributed by atoms with Crippen molar-refractivity contribution in [1.82, 2.24) is 19.2 Å². The summed E-state index contributed by atoms with van der Waals surface area (Å²) in [5.74, 6) is -0.142. The fourth-order valence-corrected chi connectivity index (χ4v) is 6.11. The number of carbonyl (C=O) groups excluding carboxylic acids is 1. The molecule has 0 saturated carbocycles. The fourth-order valence-electron chi connectivity index (χ4n) is 4.55. The van der Waals surface area contributed by atoms with Crippen LogP contribution in [0.4, 0.5) is 0 Å². The SMILES string of the molecule is O=C(c1cccc(S(=O)(=O)N2CCCCC2)c1)N1CC=C(c2c[nH]c3ncccc23)CC1. The number of nitrogens with one attached hydrogen (secondary N) is 1. The standard InChI is InChI=1S/C24H26N4O3S/c29-24(19-6-4-7-20(16-19)32(30,31)28-12-2-1-3-13-28)27-14-9-18(10-15-27)22-17-26-23-21(22)8-5-11-25-23/h4-9,11,16-17H,1-3,10,12-15H2,(H,25,26). The first kappa shape index (κ1) is 20.9. The molecule has 8 heteroatoms. The summed E-state index contributed by atoms with van der Waals surface area (Å²) in [6, 6.07) is 10.4. The smallest absolute Gasteiger partial charge is 0.254 e. The van der Waals surface area contributed by atoms with E-state index in [9.17, 15) is 13.2 Å². The van der Waals surface area contributed by atoms with Gasteiger partial charge in [-0.05, 0) is 55.2 Å². The molecule has 1 saturated heterocycles. The molecule has 7 nitrogen and oxygen atoms in total. The number of fused-ring (bicyclic) bond motifs is 1. The van der Waals surface area contributed by atoms with Gasteiger partial charge in [-0.3, -0.25) is 4.79 Å². The second-order valence-corrected chi connectivity index (χ2v) is 10.3. The van der Waals surface area contributed by atoms with E-state index in [-0.39, 0.29) is 10.8 Å². The second-order valence-electron chi connectivity index (χ2n) is 8.33. The molecule has 0 atom stereocenters. The highest BCUT2D eigenvalue weighted by atomic mass is 32.2. The van der Waals surface area contributed by atoms with Crippen LogP contribution in [0.2, 0.25) is 0 Å². The molecule has 2 aromatic heterocycles. The van der Waals surface area contributed by atoms with Gasteiger partial charge in [0.2, 0.25) is 10.0 Å². The van der Waals surface area contributed by atoms with Crippen LogP contribution in [0.25, 0.3) is 16.6 Å². The minimum atomic E-state index is -3.57. The molecule has 1 aromatic carbocycles. The Hall–Kier alpha value is -2.97. The van der Waals surface area contributed by atoms with E-state index in [1.54, 1.807) is 29.3 Å². The first-order valence-corrected chi connectivity index (χ1v) is 12.5. The highest BCUT2D eigenvalue weighted by molar-refractivity contribution is 7.89. The van der Waals surface area contributed by atoms with Crippen molar-refractivity contribution in [1.29, 1.82) is 0 Å². The quantitative estimate of drug-likeness (QED) is 0.657. The average molecular weight is 451 g/mol. The Morgan fingerprint density at radius 1 is 1.03 bits per heavy atom. The number of amides is 1. The van der Waals surface area contributed by atoms with E-state index in [0.29, 0.717) is 31.7 Å². The highest BCUT2D eigenvalue weighted by Gasteiger charge is 2.27. The monoisotopic (exact) mass is 450 g/mol. The van der Waals surface area contributed by atoms with Gasteiger partial charge in [0.05, 0.1) is 4.90 Å².